The van der Waals surface area contributed by atoms with Crippen molar-refractivity contribution < 1.29 is 4.42 Å². The largest absolute Gasteiger partial charge is 0.469 e. The van der Waals surface area contributed by atoms with Gasteiger partial charge in [-0.05, 0) is 19.4 Å². The predicted molar refractivity (Wildman–Crippen MR) is 77.6 cm³/mol. The molecule has 0 fully saturated rings. The summed E-state index contributed by atoms with van der Waals surface area (Å²) in [6.07, 6.45) is 13.7. The van der Waals surface area contributed by atoms with Crippen LogP contribution in [0.4, 0.5) is 0 Å². The van der Waals surface area contributed by atoms with E-state index in [-0.39, 0.29) is 6.04 Å². The van der Waals surface area contributed by atoms with Crippen LogP contribution in [-0.2, 0) is 0 Å². The van der Waals surface area contributed by atoms with Gasteiger partial charge < -0.3 is 10.2 Å². The lowest BCUT2D eigenvalue weighted by Gasteiger charge is -2.08. The highest BCUT2D eigenvalue weighted by molar-refractivity contribution is 5.15. The summed E-state index contributed by atoms with van der Waals surface area (Å²) in [4.78, 5) is 0. The second-order valence-corrected chi connectivity index (χ2v) is 5.36. The van der Waals surface area contributed by atoms with Crippen molar-refractivity contribution in [3.8, 4) is 0 Å². The van der Waals surface area contributed by atoms with E-state index in [1.807, 2.05) is 6.92 Å². The zero-order valence-electron chi connectivity index (χ0n) is 12.1. The molecule has 0 saturated heterocycles. The molecule has 0 bridgehead atoms. The summed E-state index contributed by atoms with van der Waals surface area (Å²) in [5.74, 6) is 0.955. The Bertz CT molecular complexity index is 306. The van der Waals surface area contributed by atoms with E-state index >= 15 is 0 Å². The van der Waals surface area contributed by atoms with E-state index < -0.39 is 0 Å². The van der Waals surface area contributed by atoms with Crippen LogP contribution >= 0.6 is 0 Å². The molecule has 1 atom stereocenters. The van der Waals surface area contributed by atoms with Crippen molar-refractivity contribution in [2.45, 2.75) is 77.7 Å². The Hall–Kier alpha value is -0.760. The molecule has 2 heteroatoms. The van der Waals surface area contributed by atoms with Crippen LogP contribution in [0.15, 0.2) is 16.7 Å². The van der Waals surface area contributed by atoms with Gasteiger partial charge in [-0.3, -0.25) is 0 Å². The maximum atomic E-state index is 6.13. The van der Waals surface area contributed by atoms with Crippen LogP contribution in [0.1, 0.15) is 82.1 Å². The Labute approximate surface area is 112 Å². The van der Waals surface area contributed by atoms with Gasteiger partial charge >= 0.3 is 0 Å². The fourth-order valence-corrected chi connectivity index (χ4v) is 2.32. The highest BCUT2D eigenvalue weighted by Gasteiger charge is 2.07. The predicted octanol–water partition coefficient (Wildman–Crippen LogP) is 5.12. The van der Waals surface area contributed by atoms with Crippen molar-refractivity contribution in [1.29, 1.82) is 0 Å². The molecular formula is C16H29NO. The third-order valence-corrected chi connectivity index (χ3v) is 3.55. The summed E-state index contributed by atoms with van der Waals surface area (Å²) < 4.78 is 5.29. The molecule has 0 amide bonds. The van der Waals surface area contributed by atoms with Crippen LogP contribution in [0.2, 0.25) is 0 Å². The third-order valence-electron chi connectivity index (χ3n) is 3.55. The Kier molecular flexibility index (Phi) is 7.83. The van der Waals surface area contributed by atoms with E-state index in [4.69, 9.17) is 10.2 Å². The van der Waals surface area contributed by atoms with Crippen molar-refractivity contribution in [2.24, 2.45) is 5.73 Å². The molecule has 0 aliphatic rings. The molecule has 1 aromatic rings. The molecule has 0 aliphatic heterocycles. The van der Waals surface area contributed by atoms with Crippen LogP contribution < -0.4 is 5.73 Å². The Morgan fingerprint density at radius 3 is 2.22 bits per heavy atom. The summed E-state index contributed by atoms with van der Waals surface area (Å²) in [5, 5.41) is 0. The van der Waals surface area contributed by atoms with E-state index in [1.165, 1.54) is 51.4 Å². The average molecular weight is 251 g/mol. The lowest BCUT2D eigenvalue weighted by molar-refractivity contribution is 0.515. The lowest BCUT2D eigenvalue weighted by Crippen LogP contribution is -2.08. The van der Waals surface area contributed by atoms with E-state index in [0.29, 0.717) is 0 Å². The molecule has 1 heterocycles. The Morgan fingerprint density at radius 1 is 1.06 bits per heavy atom. The van der Waals surface area contributed by atoms with Gasteiger partial charge in [0.1, 0.15) is 5.76 Å². The molecule has 0 aromatic carbocycles. The van der Waals surface area contributed by atoms with Gasteiger partial charge in [-0.2, -0.15) is 0 Å². The molecule has 1 unspecified atom stereocenters. The summed E-state index contributed by atoms with van der Waals surface area (Å²) in [7, 11) is 0. The fraction of sp³-hybridized carbons (Fsp3) is 0.750. The molecule has 2 N–H and O–H groups in total. The molecule has 0 aliphatic carbocycles. The number of hydrogen-bond donors (Lipinski definition) is 1. The van der Waals surface area contributed by atoms with Gasteiger partial charge in [-0.25, -0.2) is 0 Å². The quantitative estimate of drug-likeness (QED) is 0.586. The average Bonchev–Trinajstić information content (AvgIpc) is 2.79. The third kappa shape index (κ3) is 6.25. The van der Waals surface area contributed by atoms with Gasteiger partial charge in [0.15, 0.2) is 0 Å². The lowest BCUT2D eigenvalue weighted by atomic mass is 10.0. The minimum Gasteiger partial charge on any atom is -0.469 e. The topological polar surface area (TPSA) is 39.2 Å². The minimum absolute atomic E-state index is 0.155. The molecule has 0 spiro atoms. The van der Waals surface area contributed by atoms with Crippen molar-refractivity contribution >= 4 is 0 Å². The maximum Gasteiger partial charge on any atom is 0.101 e. The van der Waals surface area contributed by atoms with Gasteiger partial charge in [-0.1, -0.05) is 58.3 Å². The van der Waals surface area contributed by atoms with Gasteiger partial charge in [0, 0.05) is 11.6 Å². The SMILES string of the molecule is CCCCCCCCCCC(N)c1coc(C)c1. The summed E-state index contributed by atoms with van der Waals surface area (Å²) in [5.41, 5.74) is 7.28. The number of aryl methyl sites for hydroxylation is 1. The molecule has 1 aromatic heterocycles. The molecular weight excluding hydrogens is 222 g/mol. The molecule has 2 nitrogen and oxygen atoms in total. The van der Waals surface area contributed by atoms with E-state index in [9.17, 15) is 0 Å². The van der Waals surface area contributed by atoms with Crippen LogP contribution in [0.25, 0.3) is 0 Å². The number of hydrogen-bond acceptors (Lipinski definition) is 2. The maximum absolute atomic E-state index is 6.13. The first-order valence-electron chi connectivity index (χ1n) is 7.54. The van der Waals surface area contributed by atoms with Crippen molar-refractivity contribution in [3.63, 3.8) is 0 Å². The van der Waals surface area contributed by atoms with Gasteiger partial charge in [0.25, 0.3) is 0 Å². The number of furan rings is 1. The summed E-state index contributed by atoms with van der Waals surface area (Å²) >= 11 is 0. The second-order valence-electron chi connectivity index (χ2n) is 5.36. The molecule has 104 valence electrons. The first-order chi connectivity index (χ1) is 8.74. The normalized spacial score (nSPS) is 12.8. The second kappa shape index (κ2) is 9.21. The summed E-state index contributed by atoms with van der Waals surface area (Å²) in [6.45, 7) is 4.23. The van der Waals surface area contributed by atoms with Gasteiger partial charge in [0.2, 0.25) is 0 Å². The molecule has 0 radical (unpaired) electrons. The van der Waals surface area contributed by atoms with Crippen molar-refractivity contribution in [2.75, 3.05) is 0 Å². The van der Waals surface area contributed by atoms with Crippen LogP contribution in [-0.4, -0.2) is 0 Å². The highest BCUT2D eigenvalue weighted by Crippen LogP contribution is 2.20. The number of unbranched alkanes of at least 4 members (excludes halogenated alkanes) is 7. The van der Waals surface area contributed by atoms with E-state index in [0.717, 1.165) is 17.7 Å². The monoisotopic (exact) mass is 251 g/mol. The van der Waals surface area contributed by atoms with Crippen LogP contribution in [0, 0.1) is 6.92 Å². The van der Waals surface area contributed by atoms with Crippen LogP contribution in [0.3, 0.4) is 0 Å². The fourth-order valence-electron chi connectivity index (χ4n) is 2.32. The zero-order valence-corrected chi connectivity index (χ0v) is 12.1. The zero-order chi connectivity index (χ0) is 13.2. The molecule has 0 saturated carbocycles. The Balaban J connectivity index is 1.97. The number of nitrogens with two attached hydrogens (primary N) is 1. The van der Waals surface area contributed by atoms with Gasteiger partial charge in [-0.15, -0.1) is 0 Å². The first-order valence-corrected chi connectivity index (χ1v) is 7.54. The van der Waals surface area contributed by atoms with E-state index in [2.05, 4.69) is 13.0 Å². The van der Waals surface area contributed by atoms with E-state index in [1.54, 1.807) is 6.26 Å². The molecule has 1 rings (SSSR count). The standard InChI is InChI=1S/C16H29NO/c1-3-4-5-6-7-8-9-10-11-16(17)15-12-14(2)18-13-15/h12-13,16H,3-11,17H2,1-2H3. The minimum atomic E-state index is 0.155. The molecule has 18 heavy (non-hydrogen) atoms. The van der Waals surface area contributed by atoms with Crippen molar-refractivity contribution in [1.82, 2.24) is 0 Å². The first kappa shape index (κ1) is 15.3. The smallest absolute Gasteiger partial charge is 0.101 e. The number of rotatable bonds is 10. The van der Waals surface area contributed by atoms with Crippen molar-refractivity contribution in [3.05, 3.63) is 23.7 Å². The highest BCUT2D eigenvalue weighted by atomic mass is 16.3. The summed E-state index contributed by atoms with van der Waals surface area (Å²) in [6, 6.07) is 2.21. The Morgan fingerprint density at radius 2 is 1.67 bits per heavy atom. The van der Waals surface area contributed by atoms with Gasteiger partial charge in [0.05, 0.1) is 6.26 Å². The van der Waals surface area contributed by atoms with Crippen LogP contribution in [0.5, 0.6) is 0 Å².